The lowest BCUT2D eigenvalue weighted by Gasteiger charge is -2.40. The number of esters is 1. The highest BCUT2D eigenvalue weighted by Gasteiger charge is 2.47. The molecule has 196 valence electrons. The first kappa shape index (κ1) is 25.4. The fraction of sp³-hybridized carbons (Fsp3) is 0.448. The Labute approximate surface area is 221 Å². The second-order valence-electron chi connectivity index (χ2n) is 9.83. The number of thiophene rings is 1. The van der Waals surface area contributed by atoms with Crippen LogP contribution in [0.3, 0.4) is 0 Å². The number of carbonyl (C=O) groups is 2. The van der Waals surface area contributed by atoms with Gasteiger partial charge in [-0.3, -0.25) is 9.59 Å². The fourth-order valence-corrected chi connectivity index (χ4v) is 6.76. The molecule has 2 heterocycles. The molecule has 7 nitrogen and oxygen atoms in total. The molecule has 1 fully saturated rings. The summed E-state index contributed by atoms with van der Waals surface area (Å²) in [6.45, 7) is 4.25. The molecule has 3 unspecified atom stereocenters. The van der Waals surface area contributed by atoms with Crippen LogP contribution in [0.4, 0.5) is 0 Å². The lowest BCUT2D eigenvalue weighted by molar-refractivity contribution is -0.153. The van der Waals surface area contributed by atoms with E-state index in [2.05, 4.69) is 18.0 Å². The highest BCUT2D eigenvalue weighted by atomic mass is 32.1. The topological polar surface area (TPSA) is 83.1 Å². The van der Waals surface area contributed by atoms with Gasteiger partial charge in [-0.15, -0.1) is 11.3 Å². The minimum atomic E-state index is -0.784. The Hall–Kier alpha value is -3.26. The summed E-state index contributed by atoms with van der Waals surface area (Å²) in [5.41, 5.74) is 2.61. The Morgan fingerprint density at radius 2 is 1.73 bits per heavy atom. The van der Waals surface area contributed by atoms with Crippen molar-refractivity contribution in [3.63, 3.8) is 0 Å². The molecule has 1 aromatic carbocycles. The summed E-state index contributed by atoms with van der Waals surface area (Å²) in [5.74, 6) is -0.170. The molecule has 1 saturated carbocycles. The van der Waals surface area contributed by atoms with E-state index in [1.807, 2.05) is 11.4 Å². The van der Waals surface area contributed by atoms with Crippen LogP contribution < -0.4 is 19.5 Å². The van der Waals surface area contributed by atoms with Crippen LogP contribution >= 0.6 is 11.3 Å². The van der Waals surface area contributed by atoms with E-state index < -0.39 is 11.8 Å². The van der Waals surface area contributed by atoms with Gasteiger partial charge in [0.1, 0.15) is 17.8 Å². The van der Waals surface area contributed by atoms with Crippen LogP contribution in [-0.4, -0.2) is 39.2 Å². The molecule has 0 amide bonds. The molecule has 0 radical (unpaired) electrons. The third kappa shape index (κ3) is 4.75. The lowest BCUT2D eigenvalue weighted by atomic mass is 9.69. The standard InChI is InChI=1S/C29H33NO6S/c1-16-26(29(32)36-18-8-5-6-9-18)27(19-14-23(34-3)24(35-4)15-22(19)33-2)28-20(30-16)12-17(13-21(28)31)25-10-7-11-37-25/h7,10-11,14-15,17-18,26-27,30H,1,5-6,8-9,12-13H2,2-4H3. The zero-order chi connectivity index (χ0) is 26.1. The van der Waals surface area contributed by atoms with Gasteiger partial charge in [-0.2, -0.15) is 0 Å². The van der Waals surface area contributed by atoms with E-state index in [4.69, 9.17) is 18.9 Å². The normalized spacial score (nSPS) is 23.9. The quantitative estimate of drug-likeness (QED) is 0.482. The minimum absolute atomic E-state index is 0.0140. The molecular weight excluding hydrogens is 490 g/mol. The SMILES string of the molecule is C=C1NC2=C(C(=O)CC(c3cccs3)C2)C(c2cc(OC)c(OC)cc2OC)C1C(=O)OC1CCCC1. The van der Waals surface area contributed by atoms with Crippen LogP contribution in [0.25, 0.3) is 0 Å². The summed E-state index contributed by atoms with van der Waals surface area (Å²) < 4.78 is 22.8. The third-order valence-electron chi connectivity index (χ3n) is 7.69. The number of hydrogen-bond donors (Lipinski definition) is 1. The van der Waals surface area contributed by atoms with Gasteiger partial charge in [-0.05, 0) is 49.6 Å². The number of ketones is 1. The maximum Gasteiger partial charge on any atom is 0.316 e. The van der Waals surface area contributed by atoms with Gasteiger partial charge in [0.05, 0.1) is 21.3 Å². The molecule has 0 saturated heterocycles. The molecule has 1 aromatic heterocycles. The van der Waals surface area contributed by atoms with Crippen molar-refractivity contribution in [1.82, 2.24) is 5.32 Å². The number of allylic oxidation sites excluding steroid dienone is 2. The minimum Gasteiger partial charge on any atom is -0.496 e. The Morgan fingerprint density at radius 3 is 2.38 bits per heavy atom. The van der Waals surface area contributed by atoms with E-state index in [1.54, 1.807) is 44.8 Å². The molecule has 2 aromatic rings. The van der Waals surface area contributed by atoms with Crippen LogP contribution in [0.15, 0.2) is 53.2 Å². The summed E-state index contributed by atoms with van der Waals surface area (Å²) in [6.07, 6.45) is 4.75. The predicted octanol–water partition coefficient (Wildman–Crippen LogP) is 5.48. The van der Waals surface area contributed by atoms with Gasteiger partial charge >= 0.3 is 5.97 Å². The first-order valence-electron chi connectivity index (χ1n) is 12.7. The van der Waals surface area contributed by atoms with Gasteiger partial charge in [0.15, 0.2) is 17.3 Å². The monoisotopic (exact) mass is 523 g/mol. The smallest absolute Gasteiger partial charge is 0.316 e. The second-order valence-corrected chi connectivity index (χ2v) is 10.8. The average Bonchev–Trinajstić information content (AvgIpc) is 3.61. The molecule has 2 aliphatic carbocycles. The number of methoxy groups -OCH3 is 3. The zero-order valence-electron chi connectivity index (χ0n) is 21.5. The van der Waals surface area contributed by atoms with Gasteiger partial charge in [0, 0.05) is 51.7 Å². The molecule has 8 heteroatoms. The van der Waals surface area contributed by atoms with Crippen molar-refractivity contribution in [1.29, 1.82) is 0 Å². The Balaban J connectivity index is 1.63. The second kappa shape index (κ2) is 10.6. The fourth-order valence-electron chi connectivity index (χ4n) is 5.93. The Bertz CT molecular complexity index is 1230. The van der Waals surface area contributed by atoms with E-state index in [9.17, 15) is 9.59 Å². The number of Topliss-reactive ketones (excluding diaryl/α,β-unsaturated/α-hetero) is 1. The first-order valence-corrected chi connectivity index (χ1v) is 13.6. The van der Waals surface area contributed by atoms with Crippen molar-refractivity contribution in [2.75, 3.05) is 21.3 Å². The van der Waals surface area contributed by atoms with Crippen molar-refractivity contribution in [2.24, 2.45) is 5.92 Å². The summed E-state index contributed by atoms with van der Waals surface area (Å²) in [4.78, 5) is 28.7. The van der Waals surface area contributed by atoms with E-state index >= 15 is 0 Å². The van der Waals surface area contributed by atoms with Crippen LogP contribution in [0.2, 0.25) is 0 Å². The number of hydrogen-bond acceptors (Lipinski definition) is 8. The third-order valence-corrected chi connectivity index (χ3v) is 8.73. The zero-order valence-corrected chi connectivity index (χ0v) is 22.3. The first-order chi connectivity index (χ1) is 17.9. The molecule has 37 heavy (non-hydrogen) atoms. The van der Waals surface area contributed by atoms with Gasteiger partial charge < -0.3 is 24.3 Å². The van der Waals surface area contributed by atoms with Gasteiger partial charge in [-0.25, -0.2) is 0 Å². The number of ether oxygens (including phenoxy) is 4. The Morgan fingerprint density at radius 1 is 1.03 bits per heavy atom. The van der Waals surface area contributed by atoms with Gasteiger partial charge in [-0.1, -0.05) is 12.6 Å². The molecular formula is C29H33NO6S. The molecule has 3 atom stereocenters. The molecule has 0 bridgehead atoms. The maximum atomic E-state index is 13.8. The summed E-state index contributed by atoms with van der Waals surface area (Å²) in [7, 11) is 4.68. The molecule has 5 rings (SSSR count). The maximum absolute atomic E-state index is 13.8. The number of rotatable bonds is 7. The number of nitrogens with one attached hydrogen (secondary N) is 1. The van der Waals surface area contributed by atoms with E-state index in [0.29, 0.717) is 46.9 Å². The van der Waals surface area contributed by atoms with Crippen molar-refractivity contribution < 1.29 is 28.5 Å². The molecule has 0 spiro atoms. The molecule has 1 aliphatic heterocycles. The van der Waals surface area contributed by atoms with E-state index in [1.165, 1.54) is 4.88 Å². The van der Waals surface area contributed by atoms with Gasteiger partial charge in [0.25, 0.3) is 0 Å². The summed E-state index contributed by atoms with van der Waals surface area (Å²) >= 11 is 1.66. The van der Waals surface area contributed by atoms with Gasteiger partial charge in [0.2, 0.25) is 0 Å². The average molecular weight is 524 g/mol. The lowest BCUT2D eigenvalue weighted by Crippen LogP contribution is -2.42. The largest absolute Gasteiger partial charge is 0.496 e. The number of benzene rings is 1. The van der Waals surface area contributed by atoms with Crippen LogP contribution in [-0.2, 0) is 14.3 Å². The molecule has 1 N–H and O–H groups in total. The van der Waals surface area contributed by atoms with Crippen LogP contribution in [0.5, 0.6) is 17.2 Å². The van der Waals surface area contributed by atoms with Crippen molar-refractivity contribution in [2.45, 2.75) is 56.5 Å². The van der Waals surface area contributed by atoms with E-state index in [-0.39, 0.29) is 23.8 Å². The highest BCUT2D eigenvalue weighted by molar-refractivity contribution is 7.10. The van der Waals surface area contributed by atoms with Crippen LogP contribution in [0, 0.1) is 5.92 Å². The van der Waals surface area contributed by atoms with Crippen molar-refractivity contribution >= 4 is 23.1 Å². The van der Waals surface area contributed by atoms with E-state index in [0.717, 1.165) is 31.4 Å². The highest BCUT2D eigenvalue weighted by Crippen LogP contribution is 2.51. The molecule has 3 aliphatic rings. The Kier molecular flexibility index (Phi) is 7.29. The number of carbonyl (C=O) groups excluding carboxylic acids is 2. The van der Waals surface area contributed by atoms with Crippen LogP contribution in [0.1, 0.15) is 60.8 Å². The predicted molar refractivity (Wildman–Crippen MR) is 141 cm³/mol. The summed E-state index contributed by atoms with van der Waals surface area (Å²) in [5, 5.41) is 5.39. The van der Waals surface area contributed by atoms with Crippen molar-refractivity contribution in [3.8, 4) is 17.2 Å². The van der Waals surface area contributed by atoms with Crippen molar-refractivity contribution in [3.05, 3.63) is 63.6 Å². The summed E-state index contributed by atoms with van der Waals surface area (Å²) in [6, 6.07) is 7.62.